The molecule has 0 spiro atoms. The number of nitrogens with zero attached hydrogens (tertiary/aromatic N) is 1. The summed E-state index contributed by atoms with van der Waals surface area (Å²) in [6.07, 6.45) is 0. The number of benzene rings is 2. The Morgan fingerprint density at radius 3 is 2.38 bits per heavy atom. The maximum absolute atomic E-state index is 12.6. The van der Waals surface area contributed by atoms with E-state index in [1.54, 1.807) is 24.3 Å². The third-order valence-corrected chi connectivity index (χ3v) is 5.95. The molecular weight excluding hydrogens is 322 g/mol. The molecule has 0 aliphatic rings. The van der Waals surface area contributed by atoms with Crippen molar-refractivity contribution < 1.29 is 8.42 Å². The number of rotatable bonds is 4. The van der Waals surface area contributed by atoms with Gasteiger partial charge in [-0.05, 0) is 56.2 Å². The zero-order valence-corrected chi connectivity index (χ0v) is 14.8. The van der Waals surface area contributed by atoms with E-state index in [4.69, 9.17) is 5.84 Å². The fourth-order valence-corrected chi connectivity index (χ4v) is 3.79. The lowest BCUT2D eigenvalue weighted by molar-refractivity contribution is 0.422. The number of aromatic amines is 1. The van der Waals surface area contributed by atoms with Gasteiger partial charge in [-0.3, -0.25) is 5.84 Å². The van der Waals surface area contributed by atoms with E-state index >= 15 is 0 Å². The van der Waals surface area contributed by atoms with Crippen LogP contribution in [0.5, 0.6) is 0 Å². The van der Waals surface area contributed by atoms with Crippen molar-refractivity contribution in [1.29, 1.82) is 0 Å². The number of nitrogens with one attached hydrogen (secondary N) is 1. The van der Waals surface area contributed by atoms with Gasteiger partial charge in [-0.2, -0.15) is 0 Å². The molecule has 126 valence electrons. The number of nitrogens with two attached hydrogens (primary N) is 1. The molecule has 0 unspecified atom stereocenters. The fourth-order valence-electron chi connectivity index (χ4n) is 2.72. The zero-order chi connectivity index (χ0) is 17.5. The largest absolute Gasteiger partial charge is 0.358 e. The molecule has 0 fully saturated rings. The lowest BCUT2D eigenvalue weighted by atomic mass is 10.1. The maximum atomic E-state index is 12.6. The van der Waals surface area contributed by atoms with Crippen LogP contribution in [-0.2, 0) is 16.6 Å². The molecule has 1 aromatic heterocycles. The van der Waals surface area contributed by atoms with E-state index in [1.165, 1.54) is 0 Å². The molecule has 0 amide bonds. The van der Waals surface area contributed by atoms with Crippen LogP contribution >= 0.6 is 0 Å². The molecule has 0 bridgehead atoms. The highest BCUT2D eigenvalue weighted by atomic mass is 32.2. The SMILES string of the molecule is Cc1ccc(S(=O)(=O)N(N)Cc2ccc3[nH]c(C)c(C)c3c2)cc1. The number of fused-ring (bicyclic) bond motifs is 1. The Labute approximate surface area is 142 Å². The van der Waals surface area contributed by atoms with Gasteiger partial charge in [-0.1, -0.05) is 23.8 Å². The molecule has 5 nitrogen and oxygen atoms in total. The van der Waals surface area contributed by atoms with Crippen LogP contribution < -0.4 is 5.84 Å². The summed E-state index contributed by atoms with van der Waals surface area (Å²) in [7, 11) is -3.71. The van der Waals surface area contributed by atoms with Gasteiger partial charge in [0.05, 0.1) is 11.4 Å². The summed E-state index contributed by atoms with van der Waals surface area (Å²) >= 11 is 0. The van der Waals surface area contributed by atoms with Crippen LogP contribution in [0.15, 0.2) is 47.4 Å². The van der Waals surface area contributed by atoms with E-state index in [-0.39, 0.29) is 11.4 Å². The minimum atomic E-state index is -3.71. The molecule has 3 rings (SSSR count). The van der Waals surface area contributed by atoms with Crippen molar-refractivity contribution in [3.05, 3.63) is 64.8 Å². The molecule has 24 heavy (non-hydrogen) atoms. The first-order valence-electron chi connectivity index (χ1n) is 7.71. The molecule has 3 N–H and O–H groups in total. The highest BCUT2D eigenvalue weighted by Gasteiger charge is 2.21. The first kappa shape index (κ1) is 16.7. The lowest BCUT2D eigenvalue weighted by Gasteiger charge is -2.17. The van der Waals surface area contributed by atoms with Crippen LogP contribution in [0.1, 0.15) is 22.4 Å². The Balaban J connectivity index is 1.89. The first-order chi connectivity index (χ1) is 11.3. The summed E-state index contributed by atoms with van der Waals surface area (Å²) in [4.78, 5) is 3.50. The van der Waals surface area contributed by atoms with E-state index in [9.17, 15) is 8.42 Å². The topological polar surface area (TPSA) is 79.2 Å². The minimum absolute atomic E-state index is 0.121. The van der Waals surface area contributed by atoms with Crippen molar-refractivity contribution in [3.8, 4) is 0 Å². The number of aryl methyl sites for hydroxylation is 3. The molecule has 0 radical (unpaired) electrons. The number of sulfonamides is 1. The van der Waals surface area contributed by atoms with Crippen LogP contribution in [0.2, 0.25) is 0 Å². The quantitative estimate of drug-likeness (QED) is 0.564. The Morgan fingerprint density at radius 1 is 1.04 bits per heavy atom. The second-order valence-corrected chi connectivity index (χ2v) is 8.01. The molecule has 1 heterocycles. The Bertz CT molecular complexity index is 989. The van der Waals surface area contributed by atoms with Crippen molar-refractivity contribution in [2.45, 2.75) is 32.2 Å². The second kappa shape index (κ2) is 6.05. The second-order valence-electron chi connectivity index (χ2n) is 6.12. The molecular formula is C18H21N3O2S. The molecule has 0 saturated carbocycles. The van der Waals surface area contributed by atoms with E-state index in [2.05, 4.69) is 4.98 Å². The van der Waals surface area contributed by atoms with E-state index in [0.717, 1.165) is 37.7 Å². The molecule has 0 aliphatic carbocycles. The third-order valence-electron chi connectivity index (χ3n) is 4.34. The van der Waals surface area contributed by atoms with Crippen LogP contribution in [0.4, 0.5) is 0 Å². The van der Waals surface area contributed by atoms with Gasteiger partial charge in [0, 0.05) is 16.6 Å². The number of hydrogen-bond donors (Lipinski definition) is 2. The minimum Gasteiger partial charge on any atom is -0.358 e. The average Bonchev–Trinajstić information content (AvgIpc) is 2.82. The van der Waals surface area contributed by atoms with Gasteiger partial charge >= 0.3 is 0 Å². The van der Waals surface area contributed by atoms with Crippen molar-refractivity contribution in [2.24, 2.45) is 5.84 Å². The van der Waals surface area contributed by atoms with Gasteiger partial charge in [-0.25, -0.2) is 8.42 Å². The van der Waals surface area contributed by atoms with E-state index in [0.29, 0.717) is 0 Å². The molecule has 6 heteroatoms. The Morgan fingerprint density at radius 2 is 1.71 bits per heavy atom. The molecule has 3 aromatic rings. The summed E-state index contributed by atoms with van der Waals surface area (Å²) in [6, 6.07) is 12.5. The summed E-state index contributed by atoms with van der Waals surface area (Å²) in [5.41, 5.74) is 5.17. The normalized spacial score (nSPS) is 12.2. The van der Waals surface area contributed by atoms with Gasteiger partial charge < -0.3 is 4.98 Å². The highest BCUT2D eigenvalue weighted by Crippen LogP contribution is 2.23. The summed E-state index contributed by atoms with van der Waals surface area (Å²) in [5, 5.41) is 1.09. The summed E-state index contributed by atoms with van der Waals surface area (Å²) < 4.78 is 26.1. The van der Waals surface area contributed by atoms with Gasteiger partial charge in [0.25, 0.3) is 10.0 Å². The predicted octanol–water partition coefficient (Wildman–Crippen LogP) is 3.16. The Hall–Kier alpha value is -2.15. The first-order valence-corrected chi connectivity index (χ1v) is 9.15. The average molecular weight is 343 g/mol. The van der Waals surface area contributed by atoms with Crippen molar-refractivity contribution in [1.82, 2.24) is 9.40 Å². The molecule has 0 atom stereocenters. The summed E-state index contributed by atoms with van der Waals surface area (Å²) in [6.45, 7) is 6.09. The third kappa shape index (κ3) is 2.96. The molecule has 2 aromatic carbocycles. The summed E-state index contributed by atoms with van der Waals surface area (Å²) in [5.74, 6) is 5.88. The van der Waals surface area contributed by atoms with Gasteiger partial charge in [-0.15, -0.1) is 4.41 Å². The standard InChI is InChI=1S/C18H21N3O2S/c1-12-4-7-16(8-5-12)24(22,23)21(19)11-15-6-9-18-17(10-15)13(2)14(3)20-18/h4-10,20H,11,19H2,1-3H3. The number of H-pyrrole nitrogens is 1. The van der Waals surface area contributed by atoms with Crippen molar-refractivity contribution >= 4 is 20.9 Å². The van der Waals surface area contributed by atoms with E-state index < -0.39 is 10.0 Å². The van der Waals surface area contributed by atoms with Gasteiger partial charge in [0.15, 0.2) is 0 Å². The monoisotopic (exact) mass is 343 g/mol. The van der Waals surface area contributed by atoms with Crippen LogP contribution in [0.25, 0.3) is 10.9 Å². The molecule has 0 aliphatic heterocycles. The fraction of sp³-hybridized carbons (Fsp3) is 0.222. The van der Waals surface area contributed by atoms with Crippen LogP contribution in [0.3, 0.4) is 0 Å². The lowest BCUT2D eigenvalue weighted by Crippen LogP contribution is -2.36. The maximum Gasteiger partial charge on any atom is 0.255 e. The predicted molar refractivity (Wildman–Crippen MR) is 95.9 cm³/mol. The van der Waals surface area contributed by atoms with Crippen molar-refractivity contribution in [2.75, 3.05) is 0 Å². The number of hydrazine groups is 1. The highest BCUT2D eigenvalue weighted by molar-refractivity contribution is 7.89. The number of aromatic nitrogens is 1. The Kier molecular flexibility index (Phi) is 4.21. The van der Waals surface area contributed by atoms with Gasteiger partial charge in [0.1, 0.15) is 0 Å². The van der Waals surface area contributed by atoms with Crippen LogP contribution in [-0.4, -0.2) is 17.8 Å². The molecule has 0 saturated heterocycles. The number of hydrogen-bond acceptors (Lipinski definition) is 3. The van der Waals surface area contributed by atoms with Gasteiger partial charge in [0.2, 0.25) is 0 Å². The van der Waals surface area contributed by atoms with E-state index in [1.807, 2.05) is 39.0 Å². The van der Waals surface area contributed by atoms with Crippen LogP contribution in [0, 0.1) is 20.8 Å². The van der Waals surface area contributed by atoms with Crippen molar-refractivity contribution in [3.63, 3.8) is 0 Å². The zero-order valence-electron chi connectivity index (χ0n) is 14.0. The smallest absolute Gasteiger partial charge is 0.255 e.